The normalized spacial score (nSPS) is 12.0. The molecule has 0 fully saturated rings. The first-order chi connectivity index (χ1) is 13.7. The topological polar surface area (TPSA) is 108 Å². The molecule has 2 heterocycles. The van der Waals surface area contributed by atoms with E-state index in [4.69, 9.17) is 23.2 Å². The molecule has 9 nitrogen and oxygen atoms in total. The number of hydrogen-bond donors (Lipinski definition) is 1. The van der Waals surface area contributed by atoms with E-state index in [1.165, 1.54) is 11.6 Å². The monoisotopic (exact) mass is 436 g/mol. The second kappa shape index (κ2) is 8.22. The molecule has 11 heteroatoms. The largest absolute Gasteiger partial charge is 0.312 e. The lowest BCUT2D eigenvalue weighted by Gasteiger charge is -2.13. The number of carbonyl (C=O) groups is 1. The van der Waals surface area contributed by atoms with Crippen molar-refractivity contribution in [1.29, 1.82) is 0 Å². The first-order valence-corrected chi connectivity index (χ1v) is 9.41. The summed E-state index contributed by atoms with van der Waals surface area (Å²) in [5.74, 6) is -0.238. The summed E-state index contributed by atoms with van der Waals surface area (Å²) in [5, 5.41) is 23.2. The minimum absolute atomic E-state index is 0.102. The highest BCUT2D eigenvalue weighted by molar-refractivity contribution is 6.33. The number of aromatic nitrogens is 4. The Kier molecular flexibility index (Phi) is 5.90. The maximum absolute atomic E-state index is 12.6. The molecule has 1 N–H and O–H groups in total. The Hall–Kier alpha value is -2.91. The number of carbonyl (C=O) groups excluding carboxylic acids is 1. The van der Waals surface area contributed by atoms with Crippen molar-refractivity contribution in [3.05, 3.63) is 67.6 Å². The van der Waals surface area contributed by atoms with Crippen molar-refractivity contribution in [3.63, 3.8) is 0 Å². The molecule has 3 rings (SSSR count). The van der Waals surface area contributed by atoms with E-state index < -0.39 is 16.9 Å². The van der Waals surface area contributed by atoms with Gasteiger partial charge in [-0.2, -0.15) is 10.2 Å². The third kappa shape index (κ3) is 4.41. The predicted molar refractivity (Wildman–Crippen MR) is 109 cm³/mol. The number of nitro groups is 1. The third-order valence-corrected chi connectivity index (χ3v) is 4.96. The maximum atomic E-state index is 12.6. The predicted octanol–water partition coefficient (Wildman–Crippen LogP) is 4.16. The molecular formula is C18H18Cl2N6O3. The molecule has 3 aromatic rings. The average Bonchev–Trinajstić information content (AvgIpc) is 3.14. The van der Waals surface area contributed by atoms with Crippen LogP contribution in [-0.2, 0) is 11.3 Å². The summed E-state index contributed by atoms with van der Waals surface area (Å²) in [6, 6.07) is 6.50. The second-order valence-electron chi connectivity index (χ2n) is 6.54. The highest BCUT2D eigenvalue weighted by Crippen LogP contribution is 2.26. The molecule has 1 amide bonds. The summed E-state index contributed by atoms with van der Waals surface area (Å²) in [4.78, 5) is 23.3. The number of nitrogens with one attached hydrogen (secondary N) is 1. The number of rotatable bonds is 6. The van der Waals surface area contributed by atoms with Crippen molar-refractivity contribution in [3.8, 4) is 0 Å². The van der Waals surface area contributed by atoms with Crippen molar-refractivity contribution in [2.75, 3.05) is 5.32 Å². The summed E-state index contributed by atoms with van der Waals surface area (Å²) >= 11 is 12.1. The standard InChI is InChI=1S/C18H18Cl2N6O3/c1-10-16(26(28)29)11(2)25(22-10)12(3)18(27)21-17-15(20)9-24(23-17)8-13-4-6-14(19)7-5-13/h4-7,9,12H,8H2,1-3H3,(H,21,23,27). The fourth-order valence-corrected chi connectivity index (χ4v) is 3.29. The first-order valence-electron chi connectivity index (χ1n) is 8.65. The fourth-order valence-electron chi connectivity index (χ4n) is 2.97. The number of anilines is 1. The Balaban J connectivity index is 1.75. The van der Waals surface area contributed by atoms with Gasteiger partial charge in [-0.25, -0.2) is 0 Å². The van der Waals surface area contributed by atoms with Gasteiger partial charge in [-0.15, -0.1) is 0 Å². The minimum Gasteiger partial charge on any atom is -0.306 e. The molecule has 0 saturated carbocycles. The van der Waals surface area contributed by atoms with Gasteiger partial charge < -0.3 is 5.32 Å². The zero-order valence-corrected chi connectivity index (χ0v) is 17.4. The van der Waals surface area contributed by atoms with Crippen molar-refractivity contribution >= 4 is 40.6 Å². The van der Waals surface area contributed by atoms with Gasteiger partial charge in [0.05, 0.1) is 11.5 Å². The van der Waals surface area contributed by atoms with Gasteiger partial charge in [-0.3, -0.25) is 24.3 Å². The molecule has 0 aliphatic carbocycles. The highest BCUT2D eigenvalue weighted by Gasteiger charge is 2.27. The number of halogens is 2. The quantitative estimate of drug-likeness (QED) is 0.460. The van der Waals surface area contributed by atoms with Crippen LogP contribution in [0.2, 0.25) is 10.0 Å². The van der Waals surface area contributed by atoms with Crippen molar-refractivity contribution < 1.29 is 9.72 Å². The van der Waals surface area contributed by atoms with Crippen LogP contribution in [-0.4, -0.2) is 30.4 Å². The number of hydrogen-bond acceptors (Lipinski definition) is 5. The van der Waals surface area contributed by atoms with Gasteiger partial charge >= 0.3 is 5.69 Å². The molecule has 0 radical (unpaired) electrons. The van der Waals surface area contributed by atoms with Crippen LogP contribution < -0.4 is 5.32 Å². The fraction of sp³-hybridized carbons (Fsp3) is 0.278. The molecule has 1 atom stereocenters. The molecule has 0 aliphatic rings. The summed E-state index contributed by atoms with van der Waals surface area (Å²) in [7, 11) is 0. The van der Waals surface area contributed by atoms with Gasteiger partial charge in [0, 0.05) is 11.2 Å². The lowest BCUT2D eigenvalue weighted by Crippen LogP contribution is -2.25. The van der Waals surface area contributed by atoms with E-state index in [0.717, 1.165) is 5.56 Å². The van der Waals surface area contributed by atoms with Crippen LogP contribution in [0.5, 0.6) is 0 Å². The number of amides is 1. The number of aryl methyl sites for hydroxylation is 1. The summed E-state index contributed by atoms with van der Waals surface area (Å²) < 4.78 is 2.92. The van der Waals surface area contributed by atoms with Crippen LogP contribution >= 0.6 is 23.2 Å². The molecule has 2 aromatic heterocycles. The van der Waals surface area contributed by atoms with Crippen LogP contribution in [0.4, 0.5) is 11.5 Å². The summed E-state index contributed by atoms with van der Waals surface area (Å²) in [6.07, 6.45) is 1.60. The lowest BCUT2D eigenvalue weighted by atomic mass is 10.2. The van der Waals surface area contributed by atoms with Crippen molar-refractivity contribution in [2.24, 2.45) is 0 Å². The minimum atomic E-state index is -0.792. The molecular weight excluding hydrogens is 419 g/mol. The average molecular weight is 437 g/mol. The van der Waals surface area contributed by atoms with Gasteiger partial charge in [0.2, 0.25) is 5.91 Å². The molecule has 1 aromatic carbocycles. The molecule has 1 unspecified atom stereocenters. The Morgan fingerprint density at radius 1 is 1.24 bits per heavy atom. The van der Waals surface area contributed by atoms with Gasteiger partial charge in [-0.1, -0.05) is 35.3 Å². The molecule has 0 spiro atoms. The summed E-state index contributed by atoms with van der Waals surface area (Å²) in [6.45, 7) is 5.13. The Morgan fingerprint density at radius 3 is 2.48 bits per heavy atom. The van der Waals surface area contributed by atoms with E-state index in [0.29, 0.717) is 17.3 Å². The summed E-state index contributed by atoms with van der Waals surface area (Å²) in [5.41, 5.74) is 1.41. The first kappa shape index (κ1) is 20.8. The van der Waals surface area contributed by atoms with Crippen LogP contribution in [0.1, 0.15) is 29.9 Å². The SMILES string of the molecule is Cc1nn(C(C)C(=O)Nc2nn(Cc3ccc(Cl)cc3)cc2Cl)c(C)c1[N+](=O)[O-]. The lowest BCUT2D eigenvalue weighted by molar-refractivity contribution is -0.386. The third-order valence-electron chi connectivity index (χ3n) is 4.43. The van der Waals surface area contributed by atoms with E-state index in [1.54, 1.807) is 36.9 Å². The molecule has 152 valence electrons. The van der Waals surface area contributed by atoms with Crippen LogP contribution in [0.15, 0.2) is 30.5 Å². The van der Waals surface area contributed by atoms with Gasteiger partial charge in [0.25, 0.3) is 0 Å². The Bertz CT molecular complexity index is 1070. The van der Waals surface area contributed by atoms with Crippen molar-refractivity contribution in [1.82, 2.24) is 19.6 Å². The van der Waals surface area contributed by atoms with E-state index in [2.05, 4.69) is 15.5 Å². The van der Waals surface area contributed by atoms with Crippen LogP contribution in [0.3, 0.4) is 0 Å². The van der Waals surface area contributed by atoms with Gasteiger partial charge in [0.1, 0.15) is 22.5 Å². The van der Waals surface area contributed by atoms with E-state index in [-0.39, 0.29) is 22.2 Å². The number of benzene rings is 1. The van der Waals surface area contributed by atoms with E-state index in [9.17, 15) is 14.9 Å². The van der Waals surface area contributed by atoms with Gasteiger partial charge in [-0.05, 0) is 38.5 Å². The molecule has 0 saturated heterocycles. The van der Waals surface area contributed by atoms with Gasteiger partial charge in [0.15, 0.2) is 5.82 Å². The number of nitrogens with zero attached hydrogens (tertiary/aromatic N) is 5. The molecule has 29 heavy (non-hydrogen) atoms. The molecule has 0 bridgehead atoms. The Morgan fingerprint density at radius 2 is 1.90 bits per heavy atom. The highest BCUT2D eigenvalue weighted by atomic mass is 35.5. The zero-order valence-electron chi connectivity index (χ0n) is 15.9. The maximum Gasteiger partial charge on any atom is 0.312 e. The zero-order chi connectivity index (χ0) is 21.3. The second-order valence-corrected chi connectivity index (χ2v) is 7.38. The van der Waals surface area contributed by atoms with Crippen LogP contribution in [0, 0.1) is 24.0 Å². The van der Waals surface area contributed by atoms with Crippen LogP contribution in [0.25, 0.3) is 0 Å². The molecule has 0 aliphatic heterocycles. The smallest absolute Gasteiger partial charge is 0.306 e. The van der Waals surface area contributed by atoms with Crippen molar-refractivity contribution in [2.45, 2.75) is 33.4 Å². The van der Waals surface area contributed by atoms with E-state index in [1.807, 2.05) is 12.1 Å². The van der Waals surface area contributed by atoms with E-state index >= 15 is 0 Å². The Labute approximate surface area is 176 Å².